The summed E-state index contributed by atoms with van der Waals surface area (Å²) in [6, 6.07) is 67.3. The van der Waals surface area contributed by atoms with Gasteiger partial charge in [-0.25, -0.2) is 15.0 Å². The van der Waals surface area contributed by atoms with Crippen molar-refractivity contribution >= 4 is 76.5 Å². The van der Waals surface area contributed by atoms with Crippen LogP contribution in [0, 0.1) is 0 Å². The van der Waals surface area contributed by atoms with Crippen LogP contribution in [0.4, 0.5) is 0 Å². The van der Waals surface area contributed by atoms with Gasteiger partial charge in [0.2, 0.25) is 0 Å². The summed E-state index contributed by atoms with van der Waals surface area (Å²) >= 11 is 0. The zero-order valence-corrected chi connectivity index (χ0v) is 32.6. The third-order valence-corrected chi connectivity index (χ3v) is 12.0. The van der Waals surface area contributed by atoms with Gasteiger partial charge < -0.3 is 13.4 Å². The Morgan fingerprint density at radius 2 is 0.869 bits per heavy atom. The van der Waals surface area contributed by atoms with Crippen LogP contribution in [-0.2, 0) is 0 Å². The van der Waals surface area contributed by atoms with Gasteiger partial charge in [-0.2, -0.15) is 0 Å². The molecule has 0 unspecified atom stereocenters. The van der Waals surface area contributed by atoms with Gasteiger partial charge in [0.05, 0.1) is 16.7 Å². The number of benzene rings is 9. The lowest BCUT2D eigenvalue weighted by molar-refractivity contribution is 0.669. The van der Waals surface area contributed by atoms with E-state index >= 15 is 0 Å². The maximum absolute atomic E-state index is 6.69. The first-order valence-electron chi connectivity index (χ1n) is 20.4. The highest BCUT2D eigenvalue weighted by Crippen LogP contribution is 2.45. The lowest BCUT2D eigenvalue weighted by atomic mass is 10.0. The fourth-order valence-electron chi connectivity index (χ4n) is 9.23. The number of para-hydroxylation sites is 3. The Kier molecular flexibility index (Phi) is 7.21. The standard InChI is InChI=1S/C55H32N4O2/c1-3-13-33(14-4-1)34-23-25-36(26-24-34)54-56-53(35-15-5-2-6-16-35)57-55(58-54)37-27-28-39-42(31-37)46(32-43-38-17-8-11-21-47(38)61-52(39)43)59-44-20-10-7-18-40(44)50-45(59)29-30-49-51(50)41-19-9-12-22-48(41)60-49/h1-32H. The van der Waals surface area contributed by atoms with E-state index in [4.69, 9.17) is 23.8 Å². The fraction of sp³-hybridized carbons (Fsp3) is 0. The molecule has 284 valence electrons. The number of rotatable bonds is 5. The Labute approximate surface area is 348 Å². The number of aromatic nitrogens is 4. The SMILES string of the molecule is c1ccc(-c2ccc(-c3nc(-c4ccccc4)nc(-c4ccc5c(c4)c(-n4c6ccccc6c6c7c(ccc64)oc4ccccc47)cc4c6ccccc6oc54)n3)cc2)cc1. The summed E-state index contributed by atoms with van der Waals surface area (Å²) in [6.07, 6.45) is 0. The van der Waals surface area contributed by atoms with Gasteiger partial charge in [-0.05, 0) is 59.7 Å². The summed E-state index contributed by atoms with van der Waals surface area (Å²) in [4.78, 5) is 15.4. The molecule has 6 nitrogen and oxygen atoms in total. The number of nitrogens with zero attached hydrogens (tertiary/aromatic N) is 4. The van der Waals surface area contributed by atoms with Crippen molar-refractivity contribution in [2.24, 2.45) is 0 Å². The van der Waals surface area contributed by atoms with E-state index in [9.17, 15) is 0 Å². The van der Waals surface area contributed by atoms with Crippen LogP contribution in [0.1, 0.15) is 0 Å². The van der Waals surface area contributed by atoms with Crippen LogP contribution >= 0.6 is 0 Å². The van der Waals surface area contributed by atoms with Crippen molar-refractivity contribution < 1.29 is 8.83 Å². The first kappa shape index (κ1) is 33.6. The minimum absolute atomic E-state index is 0.585. The van der Waals surface area contributed by atoms with Gasteiger partial charge in [0.1, 0.15) is 22.3 Å². The fourth-order valence-corrected chi connectivity index (χ4v) is 9.23. The first-order chi connectivity index (χ1) is 30.2. The predicted octanol–water partition coefficient (Wildman–Crippen LogP) is 14.6. The number of fused-ring (bicyclic) bond motifs is 12. The Morgan fingerprint density at radius 3 is 1.62 bits per heavy atom. The van der Waals surface area contributed by atoms with Crippen LogP contribution in [0.25, 0.3) is 127 Å². The third kappa shape index (κ3) is 5.19. The minimum atomic E-state index is 0.585. The van der Waals surface area contributed by atoms with E-state index in [-0.39, 0.29) is 0 Å². The third-order valence-electron chi connectivity index (χ3n) is 12.0. The smallest absolute Gasteiger partial charge is 0.164 e. The van der Waals surface area contributed by atoms with Crippen molar-refractivity contribution in [3.63, 3.8) is 0 Å². The quantitative estimate of drug-likeness (QED) is 0.174. The Bertz CT molecular complexity index is 3860. The molecule has 13 aromatic rings. The number of hydrogen-bond donors (Lipinski definition) is 0. The molecule has 0 saturated heterocycles. The van der Waals surface area contributed by atoms with E-state index in [0.29, 0.717) is 17.5 Å². The molecule has 0 amide bonds. The molecule has 0 fully saturated rings. The topological polar surface area (TPSA) is 69.9 Å². The molecule has 4 aromatic heterocycles. The summed E-state index contributed by atoms with van der Waals surface area (Å²) < 4.78 is 15.5. The molecule has 0 aliphatic carbocycles. The van der Waals surface area contributed by atoms with Crippen LogP contribution in [-0.4, -0.2) is 19.5 Å². The van der Waals surface area contributed by atoms with E-state index < -0.39 is 0 Å². The van der Waals surface area contributed by atoms with E-state index in [2.05, 4.69) is 138 Å². The lowest BCUT2D eigenvalue weighted by Crippen LogP contribution is -2.01. The van der Waals surface area contributed by atoms with Crippen molar-refractivity contribution in [3.8, 4) is 51.0 Å². The highest BCUT2D eigenvalue weighted by atomic mass is 16.3. The van der Waals surface area contributed by atoms with Crippen molar-refractivity contribution in [3.05, 3.63) is 194 Å². The van der Waals surface area contributed by atoms with E-state index in [1.165, 1.54) is 0 Å². The molecule has 0 radical (unpaired) electrons. The van der Waals surface area contributed by atoms with Gasteiger partial charge >= 0.3 is 0 Å². The van der Waals surface area contributed by atoms with Crippen molar-refractivity contribution in [2.75, 3.05) is 0 Å². The Balaban J connectivity index is 1.09. The molecule has 4 heterocycles. The second-order valence-corrected chi connectivity index (χ2v) is 15.5. The van der Waals surface area contributed by atoms with Crippen LogP contribution in [0.2, 0.25) is 0 Å². The molecule has 0 saturated carbocycles. The minimum Gasteiger partial charge on any atom is -0.456 e. The molecular formula is C55H32N4O2. The number of hydrogen-bond acceptors (Lipinski definition) is 5. The normalized spacial score (nSPS) is 11.9. The lowest BCUT2D eigenvalue weighted by Gasteiger charge is -2.14. The van der Waals surface area contributed by atoms with E-state index in [1.807, 2.05) is 60.7 Å². The largest absolute Gasteiger partial charge is 0.456 e. The zero-order chi connectivity index (χ0) is 40.0. The Morgan fingerprint density at radius 1 is 0.311 bits per heavy atom. The van der Waals surface area contributed by atoms with Gasteiger partial charge in [0, 0.05) is 59.8 Å². The molecule has 0 aliphatic rings. The molecule has 0 aliphatic heterocycles. The van der Waals surface area contributed by atoms with Gasteiger partial charge in [-0.1, -0.05) is 146 Å². The molecule has 61 heavy (non-hydrogen) atoms. The van der Waals surface area contributed by atoms with Crippen molar-refractivity contribution in [1.82, 2.24) is 19.5 Å². The van der Waals surface area contributed by atoms with Crippen LogP contribution < -0.4 is 0 Å². The molecule has 6 heteroatoms. The highest BCUT2D eigenvalue weighted by Gasteiger charge is 2.23. The van der Waals surface area contributed by atoms with Gasteiger partial charge in [0.15, 0.2) is 17.5 Å². The highest BCUT2D eigenvalue weighted by molar-refractivity contribution is 6.28. The molecule has 13 rings (SSSR count). The van der Waals surface area contributed by atoms with Crippen LogP contribution in [0.3, 0.4) is 0 Å². The average molecular weight is 781 g/mol. The molecule has 0 bridgehead atoms. The zero-order valence-electron chi connectivity index (χ0n) is 32.6. The summed E-state index contributed by atoms with van der Waals surface area (Å²) in [5.74, 6) is 1.80. The second-order valence-electron chi connectivity index (χ2n) is 15.5. The molecule has 0 spiro atoms. The Hall–Kier alpha value is -8.35. The molecule has 0 atom stereocenters. The van der Waals surface area contributed by atoms with Gasteiger partial charge in [-0.3, -0.25) is 0 Å². The van der Waals surface area contributed by atoms with Gasteiger partial charge in [-0.15, -0.1) is 0 Å². The summed E-state index contributed by atoms with van der Waals surface area (Å²) in [6.45, 7) is 0. The monoisotopic (exact) mass is 780 g/mol. The van der Waals surface area contributed by atoms with Crippen molar-refractivity contribution in [2.45, 2.75) is 0 Å². The second kappa shape index (κ2) is 13.1. The summed E-state index contributed by atoms with van der Waals surface area (Å²) in [5, 5.41) is 8.67. The summed E-state index contributed by atoms with van der Waals surface area (Å²) in [7, 11) is 0. The molecular weight excluding hydrogens is 749 g/mol. The van der Waals surface area contributed by atoms with E-state index in [0.717, 1.165) is 110 Å². The van der Waals surface area contributed by atoms with E-state index in [1.54, 1.807) is 0 Å². The average Bonchev–Trinajstić information content (AvgIpc) is 4.01. The first-order valence-corrected chi connectivity index (χ1v) is 20.4. The molecule has 0 N–H and O–H groups in total. The van der Waals surface area contributed by atoms with Gasteiger partial charge in [0.25, 0.3) is 0 Å². The summed E-state index contributed by atoms with van der Waals surface area (Å²) in [5.41, 5.74) is 11.6. The maximum Gasteiger partial charge on any atom is 0.164 e. The van der Waals surface area contributed by atoms with Crippen LogP contribution in [0.15, 0.2) is 203 Å². The number of furan rings is 2. The van der Waals surface area contributed by atoms with Crippen molar-refractivity contribution in [1.29, 1.82) is 0 Å². The predicted molar refractivity (Wildman–Crippen MR) is 248 cm³/mol. The van der Waals surface area contributed by atoms with Crippen LogP contribution in [0.5, 0.6) is 0 Å². The molecule has 9 aromatic carbocycles. The maximum atomic E-state index is 6.69.